The van der Waals surface area contributed by atoms with Crippen LogP contribution in [0.3, 0.4) is 0 Å². The summed E-state index contributed by atoms with van der Waals surface area (Å²) in [6.07, 6.45) is 7.09. The van der Waals surface area contributed by atoms with Crippen molar-refractivity contribution in [3.8, 4) is 22.9 Å². The zero-order valence-corrected chi connectivity index (χ0v) is 22.4. The number of likely N-dealkylation sites (tertiary alicyclic amines) is 1. The van der Waals surface area contributed by atoms with Gasteiger partial charge in [0.15, 0.2) is 0 Å². The zero-order chi connectivity index (χ0) is 27.3. The van der Waals surface area contributed by atoms with Crippen molar-refractivity contribution in [1.82, 2.24) is 24.4 Å². The van der Waals surface area contributed by atoms with E-state index < -0.39 is 5.60 Å². The van der Waals surface area contributed by atoms with Crippen LogP contribution in [-0.2, 0) is 4.74 Å². The van der Waals surface area contributed by atoms with Gasteiger partial charge in [0.2, 0.25) is 0 Å². The molecule has 7 heterocycles. The standard InChI is InChI=1S/C28H33N7O4/c1-28(2,37)17-39-23-9-24(26-19(10-29)12-31-34(26)16-23)18-4-5-25(30-11-18)33-13-20-8-21(14-33)35(20)27(36)32-7-6-22(15-32)38-3/h4-5,9,11-12,16,20-22,37H,6-8,13-15,17H2,1-3H3/t20?,21?,22-/m0/s1. The van der Waals surface area contributed by atoms with Crippen molar-refractivity contribution < 1.29 is 19.4 Å². The third kappa shape index (κ3) is 4.75. The average Bonchev–Trinajstić information content (AvgIpc) is 3.58. The summed E-state index contributed by atoms with van der Waals surface area (Å²) in [6, 6.07) is 8.55. The largest absolute Gasteiger partial charge is 0.489 e. The molecule has 3 aromatic rings. The van der Waals surface area contributed by atoms with Crippen LogP contribution < -0.4 is 9.64 Å². The van der Waals surface area contributed by atoms with Crippen LogP contribution in [0.15, 0.2) is 36.8 Å². The minimum absolute atomic E-state index is 0.114. The summed E-state index contributed by atoms with van der Waals surface area (Å²) < 4.78 is 12.9. The number of hydrogen-bond donors (Lipinski definition) is 1. The van der Waals surface area contributed by atoms with Crippen LogP contribution in [0.5, 0.6) is 5.75 Å². The summed E-state index contributed by atoms with van der Waals surface area (Å²) in [5.74, 6) is 1.40. The smallest absolute Gasteiger partial charge is 0.320 e. The lowest BCUT2D eigenvalue weighted by Gasteiger charge is -2.57. The van der Waals surface area contributed by atoms with Gasteiger partial charge < -0.3 is 29.3 Å². The number of nitrogens with zero attached hydrogens (tertiary/aromatic N) is 7. The summed E-state index contributed by atoms with van der Waals surface area (Å²) in [5.41, 5.74) is 1.74. The Bertz CT molecular complexity index is 1410. The van der Waals surface area contributed by atoms with Gasteiger partial charge in [-0.15, -0.1) is 0 Å². The van der Waals surface area contributed by atoms with Crippen molar-refractivity contribution in [1.29, 1.82) is 5.26 Å². The highest BCUT2D eigenvalue weighted by Crippen LogP contribution is 2.37. The monoisotopic (exact) mass is 531 g/mol. The van der Waals surface area contributed by atoms with Crippen molar-refractivity contribution in [2.75, 3.05) is 44.8 Å². The van der Waals surface area contributed by atoms with E-state index in [2.05, 4.69) is 16.1 Å². The predicted molar refractivity (Wildman–Crippen MR) is 144 cm³/mol. The minimum Gasteiger partial charge on any atom is -0.489 e. The molecule has 7 rings (SSSR count). The number of ether oxygens (including phenoxy) is 2. The van der Waals surface area contributed by atoms with Gasteiger partial charge in [0, 0.05) is 50.6 Å². The molecule has 3 aromatic heterocycles. The van der Waals surface area contributed by atoms with Crippen molar-refractivity contribution in [3.05, 3.63) is 42.4 Å². The summed E-state index contributed by atoms with van der Waals surface area (Å²) in [4.78, 5) is 24.1. The van der Waals surface area contributed by atoms with Crippen molar-refractivity contribution >= 4 is 17.4 Å². The second kappa shape index (κ2) is 9.70. The fourth-order valence-corrected chi connectivity index (χ4v) is 5.84. The molecular formula is C28H33N7O4. The van der Waals surface area contributed by atoms with Crippen LogP contribution in [-0.4, -0.2) is 99.2 Å². The number of aliphatic hydroxyl groups is 1. The fourth-order valence-electron chi connectivity index (χ4n) is 5.84. The Morgan fingerprint density at radius 3 is 2.67 bits per heavy atom. The van der Waals surface area contributed by atoms with Crippen LogP contribution in [0.1, 0.15) is 32.3 Å². The Morgan fingerprint density at radius 2 is 2.03 bits per heavy atom. The highest BCUT2D eigenvalue weighted by molar-refractivity contribution is 5.85. The number of pyridine rings is 2. The number of fused-ring (bicyclic) bond motifs is 3. The summed E-state index contributed by atoms with van der Waals surface area (Å²) >= 11 is 0. The second-order valence-electron chi connectivity index (χ2n) is 11.3. The van der Waals surface area contributed by atoms with E-state index in [1.54, 1.807) is 37.9 Å². The SMILES string of the molecule is CO[C@H]1CCN(C(=O)N2C3CC2CN(c2ccc(-c4cc(OCC(C)(C)O)cn5ncc(C#N)c45)cn2)C3)C1. The lowest BCUT2D eigenvalue weighted by atomic mass is 9.87. The molecule has 2 bridgehead atoms. The summed E-state index contributed by atoms with van der Waals surface area (Å²) in [5, 5.41) is 24.1. The molecule has 4 aliphatic heterocycles. The topological polar surface area (TPSA) is 119 Å². The van der Waals surface area contributed by atoms with Gasteiger partial charge in [0.1, 0.15) is 24.2 Å². The quantitative estimate of drug-likeness (QED) is 0.515. The Balaban J connectivity index is 1.19. The number of rotatable bonds is 6. The molecule has 4 aliphatic rings. The minimum atomic E-state index is -0.990. The molecule has 2 amide bonds. The Labute approximate surface area is 227 Å². The molecule has 2 unspecified atom stereocenters. The van der Waals surface area contributed by atoms with Gasteiger partial charge in [-0.25, -0.2) is 14.3 Å². The first-order valence-corrected chi connectivity index (χ1v) is 13.3. The molecule has 3 atom stereocenters. The second-order valence-corrected chi connectivity index (χ2v) is 11.3. The van der Waals surface area contributed by atoms with Crippen LogP contribution in [0.2, 0.25) is 0 Å². The number of carbonyl (C=O) groups is 1. The van der Waals surface area contributed by atoms with Gasteiger partial charge in [0.25, 0.3) is 0 Å². The molecule has 0 aliphatic carbocycles. The normalized spacial score (nSPS) is 22.6. The van der Waals surface area contributed by atoms with E-state index in [0.29, 0.717) is 23.4 Å². The van der Waals surface area contributed by atoms with Crippen LogP contribution in [0.25, 0.3) is 16.6 Å². The fraction of sp³-hybridized carbons (Fsp3) is 0.500. The first-order chi connectivity index (χ1) is 18.7. The highest BCUT2D eigenvalue weighted by atomic mass is 16.5. The number of methoxy groups -OCH3 is 1. The number of carbonyl (C=O) groups excluding carboxylic acids is 1. The number of piperazine rings is 1. The lowest BCUT2D eigenvalue weighted by Crippen LogP contribution is -2.72. The molecule has 0 saturated carbocycles. The van der Waals surface area contributed by atoms with E-state index in [4.69, 9.17) is 14.5 Å². The Hall–Kier alpha value is -3.88. The van der Waals surface area contributed by atoms with E-state index in [1.165, 1.54) is 6.20 Å². The number of urea groups is 1. The van der Waals surface area contributed by atoms with Gasteiger partial charge in [-0.05, 0) is 44.9 Å². The molecule has 0 radical (unpaired) electrons. The van der Waals surface area contributed by atoms with Crippen molar-refractivity contribution in [3.63, 3.8) is 0 Å². The third-order valence-corrected chi connectivity index (χ3v) is 7.85. The molecule has 4 fully saturated rings. The van der Waals surface area contributed by atoms with E-state index in [0.717, 1.165) is 49.4 Å². The zero-order valence-electron chi connectivity index (χ0n) is 22.4. The molecule has 11 heteroatoms. The number of nitriles is 1. The molecule has 0 aromatic carbocycles. The number of hydrogen-bond acceptors (Lipinski definition) is 8. The lowest BCUT2D eigenvalue weighted by molar-refractivity contribution is 0.0188. The molecule has 4 saturated heterocycles. The Kier molecular flexibility index (Phi) is 6.32. The number of piperidine rings is 1. The van der Waals surface area contributed by atoms with Crippen LogP contribution >= 0.6 is 0 Å². The molecule has 1 N–H and O–H groups in total. The molecule has 204 valence electrons. The predicted octanol–water partition coefficient (Wildman–Crippen LogP) is 2.52. The first kappa shape index (κ1) is 25.4. The molecular weight excluding hydrogens is 498 g/mol. The maximum atomic E-state index is 13.1. The molecule has 39 heavy (non-hydrogen) atoms. The number of aromatic nitrogens is 3. The van der Waals surface area contributed by atoms with Crippen LogP contribution in [0, 0.1) is 11.3 Å². The van der Waals surface area contributed by atoms with E-state index in [1.807, 2.05) is 28.0 Å². The first-order valence-electron chi connectivity index (χ1n) is 13.3. The summed E-state index contributed by atoms with van der Waals surface area (Å²) in [6.45, 7) is 6.40. The summed E-state index contributed by atoms with van der Waals surface area (Å²) in [7, 11) is 1.70. The maximum Gasteiger partial charge on any atom is 0.320 e. The highest BCUT2D eigenvalue weighted by Gasteiger charge is 2.49. The van der Waals surface area contributed by atoms with E-state index >= 15 is 0 Å². The molecule has 0 spiro atoms. The average molecular weight is 532 g/mol. The number of anilines is 1. The van der Waals surface area contributed by atoms with Crippen molar-refractivity contribution in [2.45, 2.75) is 50.5 Å². The third-order valence-electron chi connectivity index (χ3n) is 7.85. The van der Waals surface area contributed by atoms with Crippen LogP contribution in [0.4, 0.5) is 10.6 Å². The van der Waals surface area contributed by atoms with Gasteiger partial charge in [-0.1, -0.05) is 0 Å². The molecule has 11 nitrogen and oxygen atoms in total. The maximum absolute atomic E-state index is 13.1. The van der Waals surface area contributed by atoms with Gasteiger partial charge in [-0.2, -0.15) is 10.4 Å². The van der Waals surface area contributed by atoms with Gasteiger partial charge in [0.05, 0.1) is 47.3 Å². The van der Waals surface area contributed by atoms with Gasteiger partial charge in [-0.3, -0.25) is 0 Å². The van der Waals surface area contributed by atoms with E-state index in [9.17, 15) is 15.2 Å². The van der Waals surface area contributed by atoms with E-state index in [-0.39, 0.29) is 30.8 Å². The van der Waals surface area contributed by atoms with Crippen molar-refractivity contribution in [2.24, 2.45) is 0 Å². The van der Waals surface area contributed by atoms with Gasteiger partial charge >= 0.3 is 6.03 Å². The Morgan fingerprint density at radius 1 is 1.23 bits per heavy atom. The number of amides is 2.